The van der Waals surface area contributed by atoms with Gasteiger partial charge in [-0.15, -0.1) is 0 Å². The number of nitrogens with one attached hydrogen (secondary N) is 1. The maximum atomic E-state index is 13.2. The van der Waals surface area contributed by atoms with Crippen molar-refractivity contribution in [3.05, 3.63) is 88.2 Å². The van der Waals surface area contributed by atoms with Gasteiger partial charge in [-0.25, -0.2) is 14.0 Å². The first kappa shape index (κ1) is 20.8. The van der Waals surface area contributed by atoms with Crippen LogP contribution in [-0.2, 0) is 0 Å². The van der Waals surface area contributed by atoms with Gasteiger partial charge in [0.2, 0.25) is 0 Å². The lowest BCUT2D eigenvalue weighted by atomic mass is 10.1. The van der Waals surface area contributed by atoms with Crippen molar-refractivity contribution in [1.82, 2.24) is 0 Å². The molecule has 0 aliphatic carbocycles. The molecule has 3 aromatic rings. The van der Waals surface area contributed by atoms with E-state index in [0.717, 1.165) is 24.3 Å². The number of carboxylic acid groups (broad SMARTS) is 2. The lowest BCUT2D eigenvalue weighted by Crippen LogP contribution is -2.13. The summed E-state index contributed by atoms with van der Waals surface area (Å²) in [6, 6.07) is 13.1. The maximum Gasteiger partial charge on any atom is 0.336 e. The Balaban J connectivity index is 1.89. The lowest BCUT2D eigenvalue weighted by molar-refractivity contribution is 0.0651. The number of benzene rings is 3. The van der Waals surface area contributed by atoms with E-state index in [4.69, 9.17) is 21.4 Å². The van der Waals surface area contributed by atoms with E-state index in [-0.39, 0.29) is 33.3 Å². The van der Waals surface area contributed by atoms with Gasteiger partial charge in [0.15, 0.2) is 5.75 Å². The van der Waals surface area contributed by atoms with E-state index in [2.05, 4.69) is 5.32 Å². The third kappa shape index (κ3) is 4.56. The normalized spacial score (nSPS) is 10.3. The van der Waals surface area contributed by atoms with Crippen molar-refractivity contribution in [2.75, 3.05) is 5.32 Å². The molecule has 0 spiro atoms. The molecule has 152 valence electrons. The van der Waals surface area contributed by atoms with E-state index >= 15 is 0 Å². The zero-order chi connectivity index (χ0) is 21.8. The number of anilines is 1. The molecule has 1 amide bonds. The Bertz CT molecular complexity index is 1160. The Morgan fingerprint density at radius 1 is 0.867 bits per heavy atom. The molecule has 3 rings (SSSR count). The summed E-state index contributed by atoms with van der Waals surface area (Å²) < 4.78 is 18.9. The number of carbonyl (C=O) groups is 3. The molecule has 0 aliphatic heterocycles. The molecule has 30 heavy (non-hydrogen) atoms. The topological polar surface area (TPSA) is 113 Å². The summed E-state index contributed by atoms with van der Waals surface area (Å²) in [7, 11) is 0. The molecule has 3 N–H and O–H groups in total. The molecule has 7 nitrogen and oxygen atoms in total. The van der Waals surface area contributed by atoms with Crippen LogP contribution in [0.4, 0.5) is 10.1 Å². The molecule has 0 heterocycles. The highest BCUT2D eigenvalue weighted by molar-refractivity contribution is 6.34. The summed E-state index contributed by atoms with van der Waals surface area (Å²) in [5, 5.41) is 20.9. The van der Waals surface area contributed by atoms with E-state index in [1.807, 2.05) is 0 Å². The molecule has 9 heteroatoms. The monoisotopic (exact) mass is 429 g/mol. The van der Waals surface area contributed by atoms with Crippen molar-refractivity contribution in [2.45, 2.75) is 0 Å². The van der Waals surface area contributed by atoms with Gasteiger partial charge in [-0.1, -0.05) is 23.7 Å². The van der Waals surface area contributed by atoms with Crippen LogP contribution in [0.1, 0.15) is 31.1 Å². The summed E-state index contributed by atoms with van der Waals surface area (Å²) in [4.78, 5) is 35.0. The largest absolute Gasteiger partial charge is 0.478 e. The van der Waals surface area contributed by atoms with Gasteiger partial charge in [0.05, 0.1) is 27.4 Å². The predicted octanol–water partition coefficient (Wildman–Crippen LogP) is 4.92. The maximum absolute atomic E-state index is 13.2. The van der Waals surface area contributed by atoms with Crippen LogP contribution in [0, 0.1) is 5.82 Å². The van der Waals surface area contributed by atoms with Crippen LogP contribution in [0.3, 0.4) is 0 Å². The highest BCUT2D eigenvalue weighted by atomic mass is 35.5. The number of ether oxygens (including phenoxy) is 1. The molecule has 0 saturated carbocycles. The molecular weight excluding hydrogens is 417 g/mol. The van der Waals surface area contributed by atoms with E-state index < -0.39 is 29.2 Å². The fraction of sp³-hybridized carbons (Fsp3) is 0. The average molecular weight is 430 g/mol. The fourth-order valence-electron chi connectivity index (χ4n) is 2.60. The molecule has 0 fully saturated rings. The highest BCUT2D eigenvalue weighted by Gasteiger charge is 2.18. The first-order valence-electron chi connectivity index (χ1n) is 8.40. The number of amides is 1. The van der Waals surface area contributed by atoms with Gasteiger partial charge in [-0.05, 0) is 48.5 Å². The van der Waals surface area contributed by atoms with Crippen molar-refractivity contribution in [3.63, 3.8) is 0 Å². The third-order valence-corrected chi connectivity index (χ3v) is 4.30. The first-order chi connectivity index (χ1) is 14.3. The van der Waals surface area contributed by atoms with Crippen LogP contribution in [0.25, 0.3) is 0 Å². The summed E-state index contributed by atoms with van der Waals surface area (Å²) in [5.74, 6) is -3.78. The molecular formula is C21H13ClFNO6. The average Bonchev–Trinajstić information content (AvgIpc) is 2.69. The second-order valence-corrected chi connectivity index (χ2v) is 6.40. The second-order valence-electron chi connectivity index (χ2n) is 5.99. The number of hydrogen-bond acceptors (Lipinski definition) is 4. The predicted molar refractivity (Wildman–Crippen MR) is 106 cm³/mol. The minimum absolute atomic E-state index is 0.0480. The van der Waals surface area contributed by atoms with Gasteiger partial charge in [-0.3, -0.25) is 4.79 Å². The number of rotatable bonds is 6. The number of halogens is 2. The number of hydrogen-bond donors (Lipinski definition) is 3. The molecule has 3 aromatic carbocycles. The minimum Gasteiger partial charge on any atom is -0.478 e. The molecule has 0 saturated heterocycles. The van der Waals surface area contributed by atoms with E-state index in [1.54, 1.807) is 12.1 Å². The highest BCUT2D eigenvalue weighted by Crippen LogP contribution is 2.31. The van der Waals surface area contributed by atoms with Gasteiger partial charge in [0, 0.05) is 0 Å². The lowest BCUT2D eigenvalue weighted by Gasteiger charge is -2.13. The van der Waals surface area contributed by atoms with Crippen molar-refractivity contribution in [3.8, 4) is 11.5 Å². The SMILES string of the molecule is O=C(Nc1ccccc1Oc1ccc(C(=O)O)c(C(=O)O)c1)c1ccc(F)cc1Cl. The third-order valence-electron chi connectivity index (χ3n) is 3.99. The number of para-hydroxylation sites is 2. The molecule has 0 unspecified atom stereocenters. The van der Waals surface area contributed by atoms with Crippen LogP contribution < -0.4 is 10.1 Å². The van der Waals surface area contributed by atoms with Crippen molar-refractivity contribution in [1.29, 1.82) is 0 Å². The van der Waals surface area contributed by atoms with Crippen molar-refractivity contribution in [2.24, 2.45) is 0 Å². The van der Waals surface area contributed by atoms with E-state index in [9.17, 15) is 23.9 Å². The Morgan fingerprint density at radius 3 is 2.20 bits per heavy atom. The Morgan fingerprint density at radius 2 is 1.53 bits per heavy atom. The van der Waals surface area contributed by atoms with Gasteiger partial charge in [0.25, 0.3) is 5.91 Å². The van der Waals surface area contributed by atoms with Crippen LogP contribution in [0.15, 0.2) is 60.7 Å². The molecule has 0 aliphatic rings. The quantitative estimate of drug-likeness (QED) is 0.512. The zero-order valence-corrected chi connectivity index (χ0v) is 15.8. The van der Waals surface area contributed by atoms with E-state index in [0.29, 0.717) is 0 Å². The Hall–Kier alpha value is -3.91. The van der Waals surface area contributed by atoms with Gasteiger partial charge < -0.3 is 20.3 Å². The van der Waals surface area contributed by atoms with Crippen LogP contribution in [-0.4, -0.2) is 28.1 Å². The number of carbonyl (C=O) groups excluding carboxylic acids is 1. The molecule has 0 bridgehead atoms. The molecule has 0 aromatic heterocycles. The second kappa shape index (κ2) is 8.62. The standard InChI is InChI=1S/C21H13ClFNO6/c22-16-9-11(23)5-7-14(16)19(25)24-17-3-1-2-4-18(17)30-12-6-8-13(20(26)27)15(10-12)21(28)29/h1-10H,(H,24,25)(H,26,27)(H,28,29). The molecule has 0 atom stereocenters. The van der Waals surface area contributed by atoms with Gasteiger partial charge >= 0.3 is 11.9 Å². The summed E-state index contributed by atoms with van der Waals surface area (Å²) in [5.41, 5.74) is -0.545. The smallest absolute Gasteiger partial charge is 0.336 e. The van der Waals surface area contributed by atoms with Gasteiger partial charge in [0.1, 0.15) is 11.6 Å². The minimum atomic E-state index is -1.43. The van der Waals surface area contributed by atoms with Crippen LogP contribution in [0.5, 0.6) is 11.5 Å². The number of carboxylic acids is 2. The van der Waals surface area contributed by atoms with E-state index in [1.165, 1.54) is 24.3 Å². The van der Waals surface area contributed by atoms with Gasteiger partial charge in [-0.2, -0.15) is 0 Å². The summed E-state index contributed by atoms with van der Waals surface area (Å²) in [6.07, 6.45) is 0. The van der Waals surface area contributed by atoms with Crippen molar-refractivity contribution < 1.29 is 33.7 Å². The van der Waals surface area contributed by atoms with Crippen LogP contribution >= 0.6 is 11.6 Å². The first-order valence-corrected chi connectivity index (χ1v) is 8.78. The van der Waals surface area contributed by atoms with Crippen LogP contribution in [0.2, 0.25) is 5.02 Å². The summed E-state index contributed by atoms with van der Waals surface area (Å²) >= 11 is 5.91. The van der Waals surface area contributed by atoms with Crippen molar-refractivity contribution >= 4 is 35.1 Å². The Kier molecular flexibility index (Phi) is 5.98. The summed E-state index contributed by atoms with van der Waals surface area (Å²) in [6.45, 7) is 0. The zero-order valence-electron chi connectivity index (χ0n) is 15.1. The fourth-order valence-corrected chi connectivity index (χ4v) is 2.85. The Labute approximate surface area is 174 Å². The number of aromatic carboxylic acids is 2. The molecule has 0 radical (unpaired) electrons.